The number of amides is 1. The van der Waals surface area contributed by atoms with Crippen molar-refractivity contribution in [1.29, 1.82) is 0 Å². The van der Waals surface area contributed by atoms with Crippen molar-refractivity contribution >= 4 is 15.9 Å². The fourth-order valence-electron chi connectivity index (χ4n) is 3.04. The molecular weight excluding hydrogens is 340 g/mol. The average molecular weight is 362 g/mol. The first-order valence-corrected chi connectivity index (χ1v) is 9.75. The van der Waals surface area contributed by atoms with E-state index in [0.29, 0.717) is 32.6 Å². The number of aromatic nitrogens is 2. The van der Waals surface area contributed by atoms with Crippen LogP contribution < -0.4 is 4.72 Å². The van der Waals surface area contributed by atoms with Gasteiger partial charge < -0.3 is 4.90 Å². The molecule has 0 aliphatic carbocycles. The zero-order valence-electron chi connectivity index (χ0n) is 14.1. The number of carbonyl (C=O) groups excluding carboxylic acids is 1. The van der Waals surface area contributed by atoms with Crippen molar-refractivity contribution < 1.29 is 13.2 Å². The molecule has 1 amide bonds. The summed E-state index contributed by atoms with van der Waals surface area (Å²) in [5.74, 6) is 0.160. The van der Waals surface area contributed by atoms with Crippen LogP contribution in [0.4, 0.5) is 0 Å². The molecule has 1 atom stereocenters. The van der Waals surface area contributed by atoms with E-state index in [1.807, 2.05) is 10.7 Å². The van der Waals surface area contributed by atoms with E-state index in [9.17, 15) is 13.2 Å². The van der Waals surface area contributed by atoms with Crippen molar-refractivity contribution in [3.8, 4) is 0 Å². The Bertz CT molecular complexity index is 833. The van der Waals surface area contributed by atoms with Gasteiger partial charge in [-0.05, 0) is 30.5 Å². The smallest absolute Gasteiger partial charge is 0.240 e. The Morgan fingerprint density at radius 1 is 1.24 bits per heavy atom. The van der Waals surface area contributed by atoms with Gasteiger partial charge in [-0.3, -0.25) is 9.48 Å². The second-order valence-corrected chi connectivity index (χ2v) is 8.04. The van der Waals surface area contributed by atoms with Crippen molar-refractivity contribution in [2.24, 2.45) is 5.92 Å². The van der Waals surface area contributed by atoms with Gasteiger partial charge in [0.05, 0.1) is 17.1 Å². The van der Waals surface area contributed by atoms with E-state index < -0.39 is 10.0 Å². The summed E-state index contributed by atoms with van der Waals surface area (Å²) in [6.07, 6.45) is 2.36. The van der Waals surface area contributed by atoms with E-state index in [0.717, 1.165) is 5.69 Å². The Balaban J connectivity index is 1.63. The van der Waals surface area contributed by atoms with Crippen molar-refractivity contribution in [3.63, 3.8) is 0 Å². The lowest BCUT2D eigenvalue weighted by Gasteiger charge is -2.22. The molecule has 0 unspecified atom stereocenters. The molecule has 0 bridgehead atoms. The van der Waals surface area contributed by atoms with E-state index in [1.54, 1.807) is 48.4 Å². The monoisotopic (exact) mass is 362 g/mol. The molecule has 1 N–H and O–H groups in total. The van der Waals surface area contributed by atoms with Gasteiger partial charge in [-0.1, -0.05) is 18.2 Å². The molecule has 1 aliphatic heterocycles. The molecule has 0 saturated heterocycles. The van der Waals surface area contributed by atoms with Gasteiger partial charge >= 0.3 is 0 Å². The minimum Gasteiger partial charge on any atom is -0.337 e. The maximum atomic E-state index is 12.3. The van der Waals surface area contributed by atoms with Gasteiger partial charge in [-0.25, -0.2) is 13.1 Å². The van der Waals surface area contributed by atoms with Crippen LogP contribution in [0.5, 0.6) is 0 Å². The van der Waals surface area contributed by atoms with E-state index in [-0.39, 0.29) is 16.7 Å². The summed E-state index contributed by atoms with van der Waals surface area (Å²) in [4.78, 5) is 13.9. The fraction of sp³-hybridized carbons (Fsp3) is 0.412. The number of hydrogen-bond acceptors (Lipinski definition) is 4. The van der Waals surface area contributed by atoms with Gasteiger partial charge in [0.15, 0.2) is 0 Å². The van der Waals surface area contributed by atoms with Crippen LogP contribution in [-0.2, 0) is 27.9 Å². The Morgan fingerprint density at radius 2 is 2.00 bits per heavy atom. The highest BCUT2D eigenvalue weighted by atomic mass is 32.2. The summed E-state index contributed by atoms with van der Waals surface area (Å²) < 4.78 is 29.1. The number of benzene rings is 1. The second-order valence-electron chi connectivity index (χ2n) is 6.27. The fourth-order valence-corrected chi connectivity index (χ4v) is 4.10. The molecule has 7 nitrogen and oxygen atoms in total. The highest BCUT2D eigenvalue weighted by molar-refractivity contribution is 7.89. The Kier molecular flexibility index (Phi) is 5.19. The van der Waals surface area contributed by atoms with Crippen molar-refractivity contribution in [2.45, 2.75) is 31.3 Å². The molecule has 2 heterocycles. The summed E-state index contributed by atoms with van der Waals surface area (Å²) in [6.45, 7) is 3.71. The maximum absolute atomic E-state index is 12.3. The zero-order valence-corrected chi connectivity index (χ0v) is 14.9. The van der Waals surface area contributed by atoms with Crippen LogP contribution in [0.1, 0.15) is 19.0 Å². The summed E-state index contributed by atoms with van der Waals surface area (Å²) in [7, 11) is -3.50. The van der Waals surface area contributed by atoms with Gasteiger partial charge in [0.2, 0.25) is 15.9 Å². The summed E-state index contributed by atoms with van der Waals surface area (Å²) in [5, 5.41) is 4.31. The molecule has 0 saturated carbocycles. The van der Waals surface area contributed by atoms with E-state index in [1.165, 1.54) is 0 Å². The molecule has 1 aromatic heterocycles. The Morgan fingerprint density at radius 3 is 2.72 bits per heavy atom. The third-order valence-electron chi connectivity index (χ3n) is 4.41. The van der Waals surface area contributed by atoms with Crippen LogP contribution in [0.15, 0.2) is 47.5 Å². The number of hydrogen-bond donors (Lipinski definition) is 1. The molecule has 1 aromatic carbocycles. The van der Waals surface area contributed by atoms with Crippen molar-refractivity contribution in [1.82, 2.24) is 19.4 Å². The van der Waals surface area contributed by atoms with Crippen LogP contribution in [0.3, 0.4) is 0 Å². The summed E-state index contributed by atoms with van der Waals surface area (Å²) >= 11 is 0. The molecule has 8 heteroatoms. The number of nitrogens with one attached hydrogen (secondary N) is 1. The van der Waals surface area contributed by atoms with Crippen molar-refractivity contribution in [3.05, 3.63) is 48.3 Å². The molecule has 0 fully saturated rings. The number of rotatable bonds is 5. The maximum Gasteiger partial charge on any atom is 0.240 e. The third-order valence-corrected chi connectivity index (χ3v) is 5.89. The lowest BCUT2D eigenvalue weighted by molar-refractivity contribution is -0.130. The number of sulfonamides is 1. The lowest BCUT2D eigenvalue weighted by Crippen LogP contribution is -2.34. The largest absolute Gasteiger partial charge is 0.337 e. The van der Waals surface area contributed by atoms with Gasteiger partial charge in [0.25, 0.3) is 0 Å². The van der Waals surface area contributed by atoms with E-state index in [2.05, 4.69) is 9.82 Å². The number of carbonyl (C=O) groups is 1. The first kappa shape index (κ1) is 17.6. The van der Waals surface area contributed by atoms with Crippen LogP contribution in [0.2, 0.25) is 0 Å². The first-order chi connectivity index (χ1) is 12.0. The highest BCUT2D eigenvalue weighted by Crippen LogP contribution is 2.18. The minimum atomic E-state index is -3.50. The molecular formula is C17H22N4O3S. The number of fused-ring (bicyclic) bond motifs is 1. The van der Waals surface area contributed by atoms with Gasteiger partial charge in [-0.15, -0.1) is 0 Å². The third kappa shape index (κ3) is 4.26. The average Bonchev–Trinajstić information content (AvgIpc) is 2.94. The predicted octanol–water partition coefficient (Wildman–Crippen LogP) is 1.23. The van der Waals surface area contributed by atoms with Gasteiger partial charge in [0.1, 0.15) is 0 Å². The van der Waals surface area contributed by atoms with Gasteiger partial charge in [0, 0.05) is 32.8 Å². The molecule has 3 rings (SSSR count). The minimum absolute atomic E-state index is 0.0181. The summed E-state index contributed by atoms with van der Waals surface area (Å²) in [5.41, 5.74) is 1.00. The van der Waals surface area contributed by atoms with Crippen LogP contribution in [0, 0.1) is 5.92 Å². The molecule has 25 heavy (non-hydrogen) atoms. The van der Waals surface area contributed by atoms with Crippen LogP contribution >= 0.6 is 0 Å². The van der Waals surface area contributed by atoms with Crippen LogP contribution in [0.25, 0.3) is 0 Å². The number of nitrogens with zero attached hydrogens (tertiary/aromatic N) is 3. The summed E-state index contributed by atoms with van der Waals surface area (Å²) in [6, 6.07) is 10.2. The van der Waals surface area contributed by atoms with E-state index >= 15 is 0 Å². The second kappa shape index (κ2) is 7.37. The first-order valence-electron chi connectivity index (χ1n) is 8.26. The molecule has 0 spiro atoms. The lowest BCUT2D eigenvalue weighted by atomic mass is 10.1. The molecule has 2 aromatic rings. The van der Waals surface area contributed by atoms with Gasteiger partial charge in [-0.2, -0.15) is 5.10 Å². The Labute approximate surface area is 147 Å². The normalized spacial score (nSPS) is 17.8. The predicted molar refractivity (Wildman–Crippen MR) is 93.1 cm³/mol. The quantitative estimate of drug-likeness (QED) is 0.867. The topological polar surface area (TPSA) is 84.3 Å². The molecule has 0 radical (unpaired) electrons. The van der Waals surface area contributed by atoms with E-state index in [4.69, 9.17) is 0 Å². The Hall–Kier alpha value is -2.19. The molecule has 134 valence electrons. The van der Waals surface area contributed by atoms with Crippen LogP contribution in [-0.4, -0.2) is 42.1 Å². The van der Waals surface area contributed by atoms with Crippen molar-refractivity contribution in [2.75, 3.05) is 13.1 Å². The SMILES string of the molecule is CC(=O)N1Cc2ccnn2C[C@@H](CCNS(=O)(=O)c2ccccc2)C1. The zero-order chi connectivity index (χ0) is 17.9. The standard InChI is InChI=1S/C17H22N4O3S/c1-14(22)20-11-15(12-21-16(13-20)8-9-18-21)7-10-19-25(23,24)17-5-3-2-4-6-17/h2-6,8-9,15,19H,7,10-13H2,1H3/t15-/m0/s1. The molecule has 1 aliphatic rings. The highest BCUT2D eigenvalue weighted by Gasteiger charge is 2.24.